The second-order valence-electron chi connectivity index (χ2n) is 5.14. The smallest absolute Gasteiger partial charge is 0.247 e. The van der Waals surface area contributed by atoms with Gasteiger partial charge in [0.1, 0.15) is 11.9 Å². The third kappa shape index (κ3) is 3.46. The molecule has 3 N–H and O–H groups in total. The third-order valence-electron chi connectivity index (χ3n) is 3.00. The molecule has 1 aromatic rings. The molecule has 108 valence electrons. The Morgan fingerprint density at radius 2 is 2.15 bits per heavy atom. The van der Waals surface area contributed by atoms with E-state index in [9.17, 15) is 14.0 Å². The molecule has 1 aliphatic rings. The Bertz CT molecular complexity index is 531. The molecule has 0 radical (unpaired) electrons. The van der Waals surface area contributed by atoms with Crippen molar-refractivity contribution in [3.8, 4) is 0 Å². The van der Waals surface area contributed by atoms with Crippen molar-refractivity contribution in [2.24, 2.45) is 0 Å². The summed E-state index contributed by atoms with van der Waals surface area (Å²) >= 11 is 0. The third-order valence-corrected chi connectivity index (χ3v) is 3.00. The lowest BCUT2D eigenvalue weighted by molar-refractivity contribution is -0.122. The van der Waals surface area contributed by atoms with Gasteiger partial charge in [-0.2, -0.15) is 0 Å². The lowest BCUT2D eigenvalue weighted by atomic mass is 10.2. The van der Waals surface area contributed by atoms with E-state index >= 15 is 0 Å². The first-order valence-corrected chi connectivity index (χ1v) is 6.62. The molecule has 5 nitrogen and oxygen atoms in total. The molecule has 0 bridgehead atoms. The van der Waals surface area contributed by atoms with Crippen LogP contribution in [0.2, 0.25) is 0 Å². The molecule has 0 aromatic heterocycles. The fraction of sp³-hybridized carbons (Fsp3) is 0.429. The minimum atomic E-state index is -0.544. The second kappa shape index (κ2) is 5.90. The first-order valence-electron chi connectivity index (χ1n) is 6.62. The Kier molecular flexibility index (Phi) is 4.22. The van der Waals surface area contributed by atoms with Gasteiger partial charge in [-0.05, 0) is 38.5 Å². The zero-order valence-electron chi connectivity index (χ0n) is 11.5. The van der Waals surface area contributed by atoms with Gasteiger partial charge in [0.2, 0.25) is 11.8 Å². The average molecular weight is 279 g/mol. The number of halogens is 1. The van der Waals surface area contributed by atoms with Crippen LogP contribution in [-0.4, -0.2) is 23.9 Å². The van der Waals surface area contributed by atoms with Crippen LogP contribution in [0, 0.1) is 5.82 Å². The second-order valence-corrected chi connectivity index (χ2v) is 5.14. The highest BCUT2D eigenvalue weighted by Gasteiger charge is 2.27. The minimum Gasteiger partial charge on any atom is -0.381 e. The van der Waals surface area contributed by atoms with Crippen molar-refractivity contribution >= 4 is 23.2 Å². The summed E-state index contributed by atoms with van der Waals surface area (Å²) in [6, 6.07) is 3.79. The van der Waals surface area contributed by atoms with E-state index in [4.69, 9.17) is 0 Å². The number of carbonyl (C=O) groups is 2. The van der Waals surface area contributed by atoms with Crippen LogP contribution in [0.25, 0.3) is 0 Å². The predicted octanol–water partition coefficient (Wildman–Crippen LogP) is 1.86. The molecule has 0 spiro atoms. The molecule has 20 heavy (non-hydrogen) atoms. The monoisotopic (exact) mass is 279 g/mol. The first kappa shape index (κ1) is 14.3. The standard InChI is InChI=1S/C14H18FN3O2/c1-8(2)16-10-4-3-9(15)7-12(10)18-14(20)11-5-6-13(19)17-11/h3-4,7-8,11,16H,5-6H2,1-2H3,(H,17,19)(H,18,20)/t11-/m0/s1. The summed E-state index contributed by atoms with van der Waals surface area (Å²) in [5.41, 5.74) is 1.03. The van der Waals surface area contributed by atoms with Gasteiger partial charge >= 0.3 is 0 Å². The lowest BCUT2D eigenvalue weighted by Crippen LogP contribution is -2.37. The fourth-order valence-corrected chi connectivity index (χ4v) is 2.09. The molecular weight excluding hydrogens is 261 g/mol. The summed E-state index contributed by atoms with van der Waals surface area (Å²) in [5, 5.41) is 8.38. The fourth-order valence-electron chi connectivity index (χ4n) is 2.09. The number of carbonyl (C=O) groups excluding carboxylic acids is 2. The molecular formula is C14H18FN3O2. The van der Waals surface area contributed by atoms with Gasteiger partial charge in [0.15, 0.2) is 0 Å². The van der Waals surface area contributed by atoms with Crippen LogP contribution in [0.3, 0.4) is 0 Å². The Morgan fingerprint density at radius 3 is 2.75 bits per heavy atom. The van der Waals surface area contributed by atoms with Crippen molar-refractivity contribution in [1.29, 1.82) is 0 Å². The summed E-state index contributed by atoms with van der Waals surface area (Å²) < 4.78 is 13.3. The van der Waals surface area contributed by atoms with Crippen molar-refractivity contribution in [2.75, 3.05) is 10.6 Å². The van der Waals surface area contributed by atoms with Crippen molar-refractivity contribution < 1.29 is 14.0 Å². The minimum absolute atomic E-state index is 0.134. The first-order chi connectivity index (χ1) is 9.45. The van der Waals surface area contributed by atoms with Crippen LogP contribution < -0.4 is 16.0 Å². The number of amides is 2. The zero-order chi connectivity index (χ0) is 14.7. The van der Waals surface area contributed by atoms with E-state index in [1.807, 2.05) is 13.8 Å². The van der Waals surface area contributed by atoms with E-state index in [0.717, 1.165) is 0 Å². The van der Waals surface area contributed by atoms with Gasteiger partial charge in [0, 0.05) is 12.5 Å². The van der Waals surface area contributed by atoms with Gasteiger partial charge in [-0.3, -0.25) is 9.59 Å². The van der Waals surface area contributed by atoms with Crippen molar-refractivity contribution in [1.82, 2.24) is 5.32 Å². The molecule has 1 aliphatic heterocycles. The van der Waals surface area contributed by atoms with Gasteiger partial charge in [-0.1, -0.05) is 0 Å². The highest BCUT2D eigenvalue weighted by Crippen LogP contribution is 2.24. The number of anilines is 2. The molecule has 6 heteroatoms. The molecule has 1 fully saturated rings. The number of nitrogens with one attached hydrogen (secondary N) is 3. The molecule has 2 amide bonds. The highest BCUT2D eigenvalue weighted by atomic mass is 19.1. The van der Waals surface area contributed by atoms with E-state index in [1.54, 1.807) is 6.07 Å². The molecule has 0 saturated carbocycles. The van der Waals surface area contributed by atoms with E-state index in [-0.39, 0.29) is 17.9 Å². The molecule has 0 unspecified atom stereocenters. The molecule has 1 atom stereocenters. The summed E-state index contributed by atoms with van der Waals surface area (Å²) in [4.78, 5) is 23.1. The van der Waals surface area contributed by atoms with Crippen LogP contribution in [0.4, 0.5) is 15.8 Å². The van der Waals surface area contributed by atoms with Gasteiger partial charge in [0.05, 0.1) is 11.4 Å². The van der Waals surface area contributed by atoms with Crippen molar-refractivity contribution in [2.45, 2.75) is 38.8 Å². The molecule has 1 saturated heterocycles. The number of rotatable bonds is 4. The maximum absolute atomic E-state index is 13.3. The quantitative estimate of drug-likeness (QED) is 0.788. The number of hydrogen-bond acceptors (Lipinski definition) is 3. The van der Waals surface area contributed by atoms with Gasteiger partial charge in [0.25, 0.3) is 0 Å². The van der Waals surface area contributed by atoms with E-state index < -0.39 is 11.9 Å². The van der Waals surface area contributed by atoms with Crippen LogP contribution in [0.5, 0.6) is 0 Å². The van der Waals surface area contributed by atoms with Crippen molar-refractivity contribution in [3.63, 3.8) is 0 Å². The van der Waals surface area contributed by atoms with Crippen LogP contribution in [0.15, 0.2) is 18.2 Å². The van der Waals surface area contributed by atoms with E-state index in [1.165, 1.54) is 12.1 Å². The zero-order valence-corrected chi connectivity index (χ0v) is 11.5. The van der Waals surface area contributed by atoms with E-state index in [0.29, 0.717) is 24.2 Å². The van der Waals surface area contributed by atoms with Gasteiger partial charge in [-0.15, -0.1) is 0 Å². The average Bonchev–Trinajstić information content (AvgIpc) is 2.79. The Labute approximate surface area is 116 Å². The van der Waals surface area contributed by atoms with Gasteiger partial charge in [-0.25, -0.2) is 4.39 Å². The maximum Gasteiger partial charge on any atom is 0.247 e. The van der Waals surface area contributed by atoms with Gasteiger partial charge < -0.3 is 16.0 Å². The predicted molar refractivity (Wildman–Crippen MR) is 75.0 cm³/mol. The SMILES string of the molecule is CC(C)Nc1ccc(F)cc1NC(=O)[C@@H]1CCC(=O)N1. The van der Waals surface area contributed by atoms with Crippen LogP contribution in [-0.2, 0) is 9.59 Å². The largest absolute Gasteiger partial charge is 0.381 e. The summed E-state index contributed by atoms with van der Waals surface area (Å²) in [6.45, 7) is 3.90. The van der Waals surface area contributed by atoms with Crippen molar-refractivity contribution in [3.05, 3.63) is 24.0 Å². The van der Waals surface area contributed by atoms with Crippen LogP contribution in [0.1, 0.15) is 26.7 Å². The Morgan fingerprint density at radius 1 is 1.40 bits per heavy atom. The molecule has 1 aromatic carbocycles. The molecule has 2 rings (SSSR count). The molecule has 0 aliphatic carbocycles. The summed E-state index contributed by atoms with van der Waals surface area (Å²) in [5.74, 6) is -0.886. The number of hydrogen-bond donors (Lipinski definition) is 3. The Balaban J connectivity index is 2.13. The lowest BCUT2D eigenvalue weighted by Gasteiger charge is -2.17. The summed E-state index contributed by atoms with van der Waals surface area (Å²) in [7, 11) is 0. The van der Waals surface area contributed by atoms with E-state index in [2.05, 4.69) is 16.0 Å². The molecule has 1 heterocycles. The van der Waals surface area contributed by atoms with Crippen LogP contribution >= 0.6 is 0 Å². The topological polar surface area (TPSA) is 70.2 Å². The number of benzene rings is 1. The normalized spacial score (nSPS) is 18.0. The highest BCUT2D eigenvalue weighted by molar-refractivity contribution is 6.00. The maximum atomic E-state index is 13.3. The summed E-state index contributed by atoms with van der Waals surface area (Å²) in [6.07, 6.45) is 0.811. The Hall–Kier alpha value is -2.11.